The van der Waals surface area contributed by atoms with Gasteiger partial charge in [-0.1, -0.05) is 12.1 Å². The number of benzene rings is 2. The van der Waals surface area contributed by atoms with E-state index in [1.165, 1.54) is 30.3 Å². The Bertz CT molecular complexity index is 870. The predicted octanol–water partition coefficient (Wildman–Crippen LogP) is 0.674. The Balaban J connectivity index is 1.40. The second kappa shape index (κ2) is 8.17. The standard InChI is InChI=1S/C18H16FN3O5/c19-13-4-1-11(2-5-13)7-16(23)21-22-17(24)9-20-18(25)12-3-6-14-15(8-12)27-10-26-14/h1-6,8H,7,9-10H2,(H,20,25)(H,21,23)(H,22,24). The first kappa shape index (κ1) is 18.2. The molecule has 140 valence electrons. The van der Waals surface area contributed by atoms with Crippen molar-refractivity contribution in [2.24, 2.45) is 0 Å². The largest absolute Gasteiger partial charge is 0.454 e. The summed E-state index contributed by atoms with van der Waals surface area (Å²) in [5.41, 5.74) is 5.32. The Morgan fingerprint density at radius 1 is 0.926 bits per heavy atom. The number of carbonyl (C=O) groups excluding carboxylic acids is 3. The maximum absolute atomic E-state index is 12.8. The molecular formula is C18H16FN3O5. The van der Waals surface area contributed by atoms with Crippen molar-refractivity contribution in [1.82, 2.24) is 16.2 Å². The van der Waals surface area contributed by atoms with E-state index in [-0.39, 0.29) is 19.8 Å². The molecule has 8 nitrogen and oxygen atoms in total. The monoisotopic (exact) mass is 373 g/mol. The van der Waals surface area contributed by atoms with Crippen LogP contribution in [0.3, 0.4) is 0 Å². The zero-order chi connectivity index (χ0) is 19.2. The van der Waals surface area contributed by atoms with Crippen molar-refractivity contribution in [2.75, 3.05) is 13.3 Å². The van der Waals surface area contributed by atoms with Crippen LogP contribution in [0.2, 0.25) is 0 Å². The number of carbonyl (C=O) groups is 3. The van der Waals surface area contributed by atoms with Crippen LogP contribution in [0.15, 0.2) is 42.5 Å². The van der Waals surface area contributed by atoms with Gasteiger partial charge in [0.25, 0.3) is 11.8 Å². The maximum atomic E-state index is 12.8. The molecule has 0 radical (unpaired) electrons. The third-order valence-corrected chi connectivity index (χ3v) is 3.66. The van der Waals surface area contributed by atoms with E-state index in [4.69, 9.17) is 9.47 Å². The number of rotatable bonds is 5. The molecule has 0 saturated carbocycles. The van der Waals surface area contributed by atoms with E-state index in [2.05, 4.69) is 16.2 Å². The summed E-state index contributed by atoms with van der Waals surface area (Å²) in [4.78, 5) is 35.5. The third-order valence-electron chi connectivity index (χ3n) is 3.66. The van der Waals surface area contributed by atoms with E-state index >= 15 is 0 Å². The van der Waals surface area contributed by atoms with Crippen LogP contribution in [0.5, 0.6) is 11.5 Å². The van der Waals surface area contributed by atoms with Crippen LogP contribution < -0.4 is 25.6 Å². The average Bonchev–Trinajstić information content (AvgIpc) is 3.14. The molecule has 3 rings (SSSR count). The van der Waals surface area contributed by atoms with Crippen LogP contribution in [0.1, 0.15) is 15.9 Å². The van der Waals surface area contributed by atoms with E-state index < -0.39 is 23.5 Å². The van der Waals surface area contributed by atoms with Gasteiger partial charge in [0.15, 0.2) is 11.5 Å². The summed E-state index contributed by atoms with van der Waals surface area (Å²) in [5.74, 6) is -0.936. The average molecular weight is 373 g/mol. The lowest BCUT2D eigenvalue weighted by atomic mass is 10.1. The van der Waals surface area contributed by atoms with Gasteiger partial charge in [0.2, 0.25) is 12.7 Å². The highest BCUT2D eigenvalue weighted by Gasteiger charge is 2.16. The zero-order valence-corrected chi connectivity index (χ0v) is 14.1. The fourth-order valence-corrected chi connectivity index (χ4v) is 2.32. The van der Waals surface area contributed by atoms with Crippen LogP contribution in [0, 0.1) is 5.82 Å². The van der Waals surface area contributed by atoms with Crippen molar-refractivity contribution in [3.05, 3.63) is 59.4 Å². The lowest BCUT2D eigenvalue weighted by Crippen LogP contribution is -2.46. The van der Waals surface area contributed by atoms with Gasteiger partial charge in [-0.15, -0.1) is 0 Å². The molecule has 0 spiro atoms. The Morgan fingerprint density at radius 3 is 2.41 bits per heavy atom. The lowest BCUT2D eigenvalue weighted by molar-refractivity contribution is -0.128. The van der Waals surface area contributed by atoms with E-state index in [1.54, 1.807) is 12.1 Å². The summed E-state index contributed by atoms with van der Waals surface area (Å²) in [6.07, 6.45) is -0.0237. The number of ether oxygens (including phenoxy) is 2. The quantitative estimate of drug-likeness (QED) is 0.668. The van der Waals surface area contributed by atoms with Crippen molar-refractivity contribution in [2.45, 2.75) is 6.42 Å². The summed E-state index contributed by atoms with van der Waals surface area (Å²) in [5, 5.41) is 2.43. The normalized spacial score (nSPS) is 11.6. The van der Waals surface area contributed by atoms with Gasteiger partial charge >= 0.3 is 0 Å². The van der Waals surface area contributed by atoms with Crippen LogP contribution in [-0.4, -0.2) is 31.1 Å². The number of amides is 3. The Kier molecular flexibility index (Phi) is 5.50. The summed E-state index contributed by atoms with van der Waals surface area (Å²) in [6.45, 7) is -0.232. The Hall–Kier alpha value is -3.62. The molecule has 1 aliphatic heterocycles. The summed E-state index contributed by atoms with van der Waals surface area (Å²) < 4.78 is 23.2. The lowest BCUT2D eigenvalue weighted by Gasteiger charge is -2.09. The minimum absolute atomic E-state index is 0.0237. The molecule has 0 bridgehead atoms. The van der Waals surface area contributed by atoms with Gasteiger partial charge in [-0.25, -0.2) is 4.39 Å². The van der Waals surface area contributed by atoms with Gasteiger partial charge in [-0.2, -0.15) is 0 Å². The number of nitrogens with one attached hydrogen (secondary N) is 3. The van der Waals surface area contributed by atoms with Gasteiger partial charge in [0.05, 0.1) is 13.0 Å². The third kappa shape index (κ3) is 4.94. The number of halogens is 1. The fourth-order valence-electron chi connectivity index (χ4n) is 2.32. The first-order valence-electron chi connectivity index (χ1n) is 8.01. The summed E-state index contributed by atoms with van der Waals surface area (Å²) in [6, 6.07) is 10.1. The molecule has 0 aliphatic carbocycles. The van der Waals surface area contributed by atoms with Gasteiger partial charge in [0.1, 0.15) is 5.82 Å². The Morgan fingerprint density at radius 2 is 1.63 bits per heavy atom. The second-order valence-electron chi connectivity index (χ2n) is 5.65. The van der Waals surface area contributed by atoms with Gasteiger partial charge in [-0.3, -0.25) is 25.2 Å². The molecule has 0 aromatic heterocycles. The highest BCUT2D eigenvalue weighted by Crippen LogP contribution is 2.32. The van der Waals surface area contributed by atoms with Gasteiger partial charge in [0, 0.05) is 5.56 Å². The predicted molar refractivity (Wildman–Crippen MR) is 91.3 cm³/mol. The molecule has 1 aliphatic rings. The number of hydrazine groups is 1. The number of hydrogen-bond acceptors (Lipinski definition) is 5. The molecule has 3 amide bonds. The number of hydrogen-bond donors (Lipinski definition) is 3. The molecule has 2 aromatic carbocycles. The minimum atomic E-state index is -0.600. The van der Waals surface area contributed by atoms with Gasteiger partial charge < -0.3 is 14.8 Å². The molecule has 2 aromatic rings. The van der Waals surface area contributed by atoms with Crippen LogP contribution in [0.25, 0.3) is 0 Å². The first-order valence-corrected chi connectivity index (χ1v) is 8.01. The summed E-state index contributed by atoms with van der Waals surface area (Å²) in [7, 11) is 0. The van der Waals surface area contributed by atoms with Crippen molar-refractivity contribution >= 4 is 17.7 Å². The summed E-state index contributed by atoms with van der Waals surface area (Å²) >= 11 is 0. The molecule has 0 saturated heterocycles. The van der Waals surface area contributed by atoms with Crippen molar-refractivity contribution < 1.29 is 28.2 Å². The van der Waals surface area contributed by atoms with E-state index in [0.29, 0.717) is 22.6 Å². The molecule has 3 N–H and O–H groups in total. The fraction of sp³-hybridized carbons (Fsp3) is 0.167. The zero-order valence-electron chi connectivity index (χ0n) is 14.1. The maximum Gasteiger partial charge on any atom is 0.257 e. The highest BCUT2D eigenvalue weighted by atomic mass is 19.1. The SMILES string of the molecule is O=C(CNC(=O)c1ccc2c(c1)OCO2)NNC(=O)Cc1ccc(F)cc1. The van der Waals surface area contributed by atoms with E-state index in [9.17, 15) is 18.8 Å². The molecule has 1 heterocycles. The molecule has 9 heteroatoms. The smallest absolute Gasteiger partial charge is 0.257 e. The van der Waals surface area contributed by atoms with Crippen LogP contribution in [0.4, 0.5) is 4.39 Å². The van der Waals surface area contributed by atoms with Crippen molar-refractivity contribution in [3.63, 3.8) is 0 Å². The van der Waals surface area contributed by atoms with Crippen LogP contribution >= 0.6 is 0 Å². The number of fused-ring (bicyclic) bond motifs is 1. The van der Waals surface area contributed by atoms with E-state index in [1.807, 2.05) is 0 Å². The first-order chi connectivity index (χ1) is 13.0. The highest BCUT2D eigenvalue weighted by molar-refractivity contribution is 5.97. The van der Waals surface area contributed by atoms with Crippen molar-refractivity contribution in [1.29, 1.82) is 0 Å². The Labute approximate surface area is 153 Å². The van der Waals surface area contributed by atoms with Crippen molar-refractivity contribution in [3.8, 4) is 11.5 Å². The second-order valence-corrected chi connectivity index (χ2v) is 5.65. The minimum Gasteiger partial charge on any atom is -0.454 e. The van der Waals surface area contributed by atoms with Gasteiger partial charge in [-0.05, 0) is 35.9 Å². The molecule has 0 atom stereocenters. The van der Waals surface area contributed by atoms with Crippen LogP contribution in [-0.2, 0) is 16.0 Å². The topological polar surface area (TPSA) is 106 Å². The molecular weight excluding hydrogens is 357 g/mol. The molecule has 0 fully saturated rings. The molecule has 0 unspecified atom stereocenters. The molecule has 27 heavy (non-hydrogen) atoms. The van der Waals surface area contributed by atoms with E-state index in [0.717, 1.165) is 0 Å².